The molecule has 1 unspecified atom stereocenters. The minimum absolute atomic E-state index is 0.213. The Morgan fingerprint density at radius 2 is 1.65 bits per heavy atom. The normalized spacial score (nSPS) is 11.7. The van der Waals surface area contributed by atoms with Crippen molar-refractivity contribution >= 4 is 23.2 Å². The van der Waals surface area contributed by atoms with Crippen LogP contribution in [0.5, 0.6) is 5.75 Å². The van der Waals surface area contributed by atoms with Gasteiger partial charge >= 0.3 is 0 Å². The molecule has 0 heterocycles. The second-order valence-corrected chi connectivity index (χ2v) is 4.80. The molecule has 0 aliphatic rings. The summed E-state index contributed by atoms with van der Waals surface area (Å²) in [5.74, 6) is 0.564. The van der Waals surface area contributed by atoms with Gasteiger partial charge in [-0.2, -0.15) is 0 Å². The Labute approximate surface area is 123 Å². The monoisotopic (exact) mass is 289 g/mol. The molecule has 0 fully saturated rings. The number of amides is 1. The summed E-state index contributed by atoms with van der Waals surface area (Å²) in [6, 6.07) is 18.7. The van der Waals surface area contributed by atoms with Crippen molar-refractivity contribution in [1.82, 2.24) is 0 Å². The summed E-state index contributed by atoms with van der Waals surface area (Å²) in [5, 5.41) is 2.15. The molecule has 1 N–H and O–H groups in total. The van der Waals surface area contributed by atoms with Crippen LogP contribution in [0.25, 0.3) is 0 Å². The predicted molar refractivity (Wildman–Crippen MR) is 81.3 cm³/mol. The van der Waals surface area contributed by atoms with Gasteiger partial charge in [0.05, 0.1) is 6.61 Å². The van der Waals surface area contributed by atoms with Gasteiger partial charge in [0.1, 0.15) is 11.1 Å². The van der Waals surface area contributed by atoms with E-state index < -0.39 is 5.38 Å². The molecule has 0 aromatic heterocycles. The van der Waals surface area contributed by atoms with Crippen LogP contribution in [0.15, 0.2) is 60.7 Å². The van der Waals surface area contributed by atoms with E-state index in [9.17, 15) is 4.79 Å². The molecule has 3 nitrogen and oxygen atoms in total. The predicted octanol–water partition coefficient (Wildman–Crippen LogP) is 3.70. The van der Waals surface area contributed by atoms with Gasteiger partial charge in [0.25, 0.3) is 0 Å². The average molecular weight is 290 g/mol. The van der Waals surface area contributed by atoms with Crippen LogP contribution < -0.4 is 10.1 Å². The number of carbonyl (C=O) groups excluding carboxylic acids is 1. The van der Waals surface area contributed by atoms with E-state index in [0.29, 0.717) is 13.0 Å². The van der Waals surface area contributed by atoms with Gasteiger partial charge in [0.2, 0.25) is 5.91 Å². The lowest BCUT2D eigenvalue weighted by atomic mass is 10.2. The van der Waals surface area contributed by atoms with Crippen LogP contribution in [-0.4, -0.2) is 17.9 Å². The van der Waals surface area contributed by atoms with Crippen LogP contribution in [0.2, 0.25) is 0 Å². The summed E-state index contributed by atoms with van der Waals surface area (Å²) in [4.78, 5) is 11.9. The molecule has 104 valence electrons. The average Bonchev–Trinajstić information content (AvgIpc) is 2.49. The van der Waals surface area contributed by atoms with E-state index in [2.05, 4.69) is 5.32 Å². The highest BCUT2D eigenvalue weighted by atomic mass is 35.5. The number of hydrogen-bond acceptors (Lipinski definition) is 2. The molecule has 1 atom stereocenters. The zero-order valence-corrected chi connectivity index (χ0v) is 11.7. The van der Waals surface area contributed by atoms with Gasteiger partial charge in [-0.1, -0.05) is 36.4 Å². The maximum absolute atomic E-state index is 11.9. The Bertz CT molecular complexity index is 531. The molecule has 0 aliphatic heterocycles. The zero-order chi connectivity index (χ0) is 14.2. The third-order valence-electron chi connectivity index (χ3n) is 2.71. The second-order valence-electron chi connectivity index (χ2n) is 4.27. The SMILES string of the molecule is O=C(Nc1ccccc1)C(Cl)CCOc1ccccc1. The zero-order valence-electron chi connectivity index (χ0n) is 11.0. The Kier molecular flexibility index (Phi) is 5.44. The molecular formula is C16H16ClNO2. The standard InChI is InChI=1S/C16H16ClNO2/c17-15(11-12-20-14-9-5-2-6-10-14)16(19)18-13-7-3-1-4-8-13/h1-10,15H,11-12H2,(H,18,19). The number of alkyl halides is 1. The van der Waals surface area contributed by atoms with Crippen LogP contribution in [0.1, 0.15) is 6.42 Å². The summed E-state index contributed by atoms with van der Waals surface area (Å²) < 4.78 is 5.51. The fourth-order valence-corrected chi connectivity index (χ4v) is 1.81. The highest BCUT2D eigenvalue weighted by Gasteiger charge is 2.15. The summed E-state index contributed by atoms with van der Waals surface area (Å²) in [7, 11) is 0. The molecule has 2 aromatic rings. The third kappa shape index (κ3) is 4.59. The number of halogens is 1. The molecule has 2 aromatic carbocycles. The Morgan fingerprint density at radius 3 is 2.30 bits per heavy atom. The van der Waals surface area contributed by atoms with E-state index in [0.717, 1.165) is 11.4 Å². The molecule has 0 bridgehead atoms. The van der Waals surface area contributed by atoms with Gasteiger partial charge in [-0.25, -0.2) is 0 Å². The molecule has 2 rings (SSSR count). The number of anilines is 1. The highest BCUT2D eigenvalue weighted by Crippen LogP contribution is 2.12. The van der Waals surface area contributed by atoms with Crippen molar-refractivity contribution < 1.29 is 9.53 Å². The third-order valence-corrected chi connectivity index (χ3v) is 3.13. The van der Waals surface area contributed by atoms with E-state index in [4.69, 9.17) is 16.3 Å². The minimum Gasteiger partial charge on any atom is -0.494 e. The van der Waals surface area contributed by atoms with Crippen molar-refractivity contribution in [2.75, 3.05) is 11.9 Å². The summed E-state index contributed by atoms with van der Waals surface area (Å²) in [6.07, 6.45) is 0.453. The lowest BCUT2D eigenvalue weighted by Crippen LogP contribution is -2.24. The number of para-hydroxylation sites is 2. The van der Waals surface area contributed by atoms with Gasteiger partial charge in [-0.3, -0.25) is 4.79 Å². The first-order valence-corrected chi connectivity index (χ1v) is 6.87. The Balaban J connectivity index is 1.74. The van der Waals surface area contributed by atoms with Gasteiger partial charge in [0, 0.05) is 12.1 Å². The van der Waals surface area contributed by atoms with Crippen molar-refractivity contribution in [3.8, 4) is 5.75 Å². The Hall–Kier alpha value is -2.00. The van der Waals surface area contributed by atoms with E-state index in [-0.39, 0.29) is 5.91 Å². The van der Waals surface area contributed by atoms with Crippen molar-refractivity contribution in [1.29, 1.82) is 0 Å². The lowest BCUT2D eigenvalue weighted by Gasteiger charge is -2.11. The van der Waals surface area contributed by atoms with Crippen LogP contribution in [0, 0.1) is 0 Å². The number of rotatable bonds is 6. The molecule has 4 heteroatoms. The van der Waals surface area contributed by atoms with E-state index in [1.807, 2.05) is 60.7 Å². The van der Waals surface area contributed by atoms with Crippen molar-refractivity contribution in [2.24, 2.45) is 0 Å². The first-order chi connectivity index (χ1) is 9.75. The van der Waals surface area contributed by atoms with Gasteiger partial charge in [-0.15, -0.1) is 11.6 Å². The van der Waals surface area contributed by atoms with Gasteiger partial charge in [-0.05, 0) is 24.3 Å². The molecule has 0 saturated heterocycles. The quantitative estimate of drug-likeness (QED) is 0.824. The van der Waals surface area contributed by atoms with Crippen LogP contribution in [-0.2, 0) is 4.79 Å². The highest BCUT2D eigenvalue weighted by molar-refractivity contribution is 6.32. The second kappa shape index (κ2) is 7.56. The summed E-state index contributed by atoms with van der Waals surface area (Å²) in [6.45, 7) is 0.403. The number of hydrogen-bond donors (Lipinski definition) is 1. The molecule has 0 aliphatic carbocycles. The van der Waals surface area contributed by atoms with Crippen LogP contribution in [0.3, 0.4) is 0 Å². The van der Waals surface area contributed by atoms with Crippen molar-refractivity contribution in [2.45, 2.75) is 11.8 Å². The van der Waals surface area contributed by atoms with Crippen molar-refractivity contribution in [3.05, 3.63) is 60.7 Å². The number of carbonyl (C=O) groups is 1. The molecule has 20 heavy (non-hydrogen) atoms. The van der Waals surface area contributed by atoms with Crippen LogP contribution in [0.4, 0.5) is 5.69 Å². The molecular weight excluding hydrogens is 274 g/mol. The van der Waals surface area contributed by atoms with Crippen LogP contribution >= 0.6 is 11.6 Å². The summed E-state index contributed by atoms with van der Waals surface area (Å²) in [5.41, 5.74) is 0.743. The molecule has 0 radical (unpaired) electrons. The van der Waals surface area contributed by atoms with Gasteiger partial charge in [0.15, 0.2) is 0 Å². The molecule has 1 amide bonds. The largest absolute Gasteiger partial charge is 0.494 e. The lowest BCUT2D eigenvalue weighted by molar-refractivity contribution is -0.116. The number of nitrogens with one attached hydrogen (secondary N) is 1. The van der Waals surface area contributed by atoms with Crippen molar-refractivity contribution in [3.63, 3.8) is 0 Å². The van der Waals surface area contributed by atoms with Gasteiger partial charge < -0.3 is 10.1 Å². The first kappa shape index (κ1) is 14.4. The number of benzene rings is 2. The summed E-state index contributed by atoms with van der Waals surface area (Å²) >= 11 is 6.06. The van der Waals surface area contributed by atoms with E-state index >= 15 is 0 Å². The minimum atomic E-state index is -0.612. The molecule has 0 saturated carbocycles. The Morgan fingerprint density at radius 1 is 1.05 bits per heavy atom. The van der Waals surface area contributed by atoms with E-state index in [1.54, 1.807) is 0 Å². The first-order valence-electron chi connectivity index (χ1n) is 6.43. The smallest absolute Gasteiger partial charge is 0.242 e. The fourth-order valence-electron chi connectivity index (χ4n) is 1.67. The topological polar surface area (TPSA) is 38.3 Å². The number of ether oxygens (including phenoxy) is 1. The maximum atomic E-state index is 11.9. The van der Waals surface area contributed by atoms with E-state index in [1.165, 1.54) is 0 Å². The maximum Gasteiger partial charge on any atom is 0.242 e. The fraction of sp³-hybridized carbons (Fsp3) is 0.188. The molecule has 0 spiro atoms.